The molecule has 0 aromatic heterocycles. The Morgan fingerprint density at radius 3 is 2.46 bits per heavy atom. The topological polar surface area (TPSA) is 64.3 Å². The molecule has 0 aliphatic rings. The van der Waals surface area contributed by atoms with Gasteiger partial charge in [-0.3, -0.25) is 4.79 Å². The predicted molar refractivity (Wildman–Crippen MR) is 97.8 cm³/mol. The number of hydrogen-bond acceptors (Lipinski definition) is 3. The van der Waals surface area contributed by atoms with Gasteiger partial charge in [0, 0.05) is 12.1 Å². The number of rotatable bonds is 5. The van der Waals surface area contributed by atoms with Crippen molar-refractivity contribution in [2.45, 2.75) is 25.4 Å². The maximum Gasteiger partial charge on any atom is 0.416 e. The van der Waals surface area contributed by atoms with Crippen LogP contribution in [0.2, 0.25) is 0 Å². The lowest BCUT2D eigenvalue weighted by atomic mass is 9.92. The van der Waals surface area contributed by atoms with Gasteiger partial charge in [-0.05, 0) is 35.7 Å². The second-order valence-corrected chi connectivity index (χ2v) is 5.70. The maximum absolute atomic E-state index is 13.1. The van der Waals surface area contributed by atoms with Gasteiger partial charge >= 0.3 is 6.18 Å². The zero-order valence-electron chi connectivity index (χ0n) is 14.3. The molecule has 3 N–H and O–H groups in total. The molecule has 0 radical (unpaired) electrons. The zero-order valence-corrected chi connectivity index (χ0v) is 15.1. The second kappa shape index (κ2) is 8.80. The summed E-state index contributed by atoms with van der Waals surface area (Å²) >= 11 is 0. The van der Waals surface area contributed by atoms with Crippen molar-refractivity contribution in [2.75, 3.05) is 18.2 Å². The van der Waals surface area contributed by atoms with E-state index in [2.05, 4.69) is 5.32 Å². The number of benzene rings is 2. The molecule has 2 aromatic rings. The van der Waals surface area contributed by atoms with Crippen LogP contribution in [0.25, 0.3) is 0 Å². The van der Waals surface area contributed by atoms with Gasteiger partial charge in [0.25, 0.3) is 0 Å². The van der Waals surface area contributed by atoms with Gasteiger partial charge in [0.15, 0.2) is 0 Å². The number of nitrogens with one attached hydrogen (secondary N) is 1. The molecule has 0 saturated heterocycles. The van der Waals surface area contributed by atoms with Crippen molar-refractivity contribution >= 4 is 29.7 Å². The average molecular weight is 389 g/mol. The molecule has 0 aliphatic carbocycles. The van der Waals surface area contributed by atoms with E-state index in [1.165, 1.54) is 31.4 Å². The molecule has 1 atom stereocenters. The molecular formula is C18H20ClF3N2O2. The number of nitrogen functional groups attached to an aromatic ring is 1. The summed E-state index contributed by atoms with van der Waals surface area (Å²) in [5, 5.41) is 2.64. The van der Waals surface area contributed by atoms with Gasteiger partial charge in [-0.25, -0.2) is 0 Å². The van der Waals surface area contributed by atoms with Crippen LogP contribution in [-0.4, -0.2) is 13.0 Å². The van der Waals surface area contributed by atoms with E-state index < -0.39 is 23.6 Å². The Kier molecular flexibility index (Phi) is 7.32. The van der Waals surface area contributed by atoms with Crippen molar-refractivity contribution in [2.24, 2.45) is 0 Å². The summed E-state index contributed by atoms with van der Waals surface area (Å²) in [6.07, 6.45) is -4.54. The highest BCUT2D eigenvalue weighted by molar-refractivity contribution is 5.92. The van der Waals surface area contributed by atoms with E-state index in [1.807, 2.05) is 0 Å². The van der Waals surface area contributed by atoms with Crippen LogP contribution in [-0.2, 0) is 11.0 Å². The van der Waals surface area contributed by atoms with E-state index >= 15 is 0 Å². The summed E-state index contributed by atoms with van der Waals surface area (Å²) in [6.45, 7) is 1.59. The molecule has 2 aromatic carbocycles. The Labute approximate surface area is 155 Å². The summed E-state index contributed by atoms with van der Waals surface area (Å²) in [6, 6.07) is 10.0. The Morgan fingerprint density at radius 2 is 1.88 bits per heavy atom. The molecule has 0 fully saturated rings. The number of amides is 1. The monoisotopic (exact) mass is 388 g/mol. The molecule has 0 aliphatic heterocycles. The van der Waals surface area contributed by atoms with Crippen LogP contribution >= 0.6 is 12.4 Å². The number of anilines is 2. The first kappa shape index (κ1) is 21.6. The predicted octanol–water partition coefficient (Wildman–Crippen LogP) is 4.85. The van der Waals surface area contributed by atoms with Crippen molar-refractivity contribution in [3.8, 4) is 5.75 Å². The summed E-state index contributed by atoms with van der Waals surface area (Å²) < 4.78 is 44.3. The van der Waals surface area contributed by atoms with Gasteiger partial charge in [-0.2, -0.15) is 13.2 Å². The van der Waals surface area contributed by atoms with Gasteiger partial charge in [0.05, 0.1) is 18.4 Å². The van der Waals surface area contributed by atoms with E-state index in [-0.39, 0.29) is 24.4 Å². The molecule has 0 heterocycles. The van der Waals surface area contributed by atoms with E-state index in [0.29, 0.717) is 17.1 Å². The van der Waals surface area contributed by atoms with Crippen molar-refractivity contribution < 1.29 is 22.7 Å². The summed E-state index contributed by atoms with van der Waals surface area (Å²) in [5.41, 5.74) is 5.96. The third-order valence-electron chi connectivity index (χ3n) is 3.80. The van der Waals surface area contributed by atoms with Gasteiger partial charge in [-0.15, -0.1) is 12.4 Å². The van der Waals surface area contributed by atoms with E-state index in [4.69, 9.17) is 10.5 Å². The molecule has 0 bridgehead atoms. The summed E-state index contributed by atoms with van der Waals surface area (Å²) in [5.74, 6) is -0.507. The number of methoxy groups -OCH3 is 1. The van der Waals surface area contributed by atoms with E-state index in [0.717, 1.165) is 6.07 Å². The van der Waals surface area contributed by atoms with Gasteiger partial charge < -0.3 is 15.8 Å². The van der Waals surface area contributed by atoms with Crippen LogP contribution in [0, 0.1) is 0 Å². The van der Waals surface area contributed by atoms with E-state index in [9.17, 15) is 18.0 Å². The lowest BCUT2D eigenvalue weighted by Crippen LogP contribution is -2.17. The number of hydrogen-bond donors (Lipinski definition) is 2. The third-order valence-corrected chi connectivity index (χ3v) is 3.80. The Balaban J connectivity index is 0.00000338. The van der Waals surface area contributed by atoms with Crippen molar-refractivity contribution in [1.82, 2.24) is 0 Å². The lowest BCUT2D eigenvalue weighted by Gasteiger charge is -2.18. The third kappa shape index (κ3) is 5.29. The van der Waals surface area contributed by atoms with Crippen molar-refractivity contribution in [1.29, 1.82) is 0 Å². The fourth-order valence-corrected chi connectivity index (χ4v) is 2.60. The van der Waals surface area contributed by atoms with Crippen LogP contribution in [0.3, 0.4) is 0 Å². The van der Waals surface area contributed by atoms with Gasteiger partial charge in [-0.1, -0.05) is 25.1 Å². The number of nitrogens with two attached hydrogens (primary N) is 1. The quantitative estimate of drug-likeness (QED) is 0.719. The zero-order chi connectivity index (χ0) is 18.6. The molecule has 0 spiro atoms. The Morgan fingerprint density at radius 1 is 1.23 bits per heavy atom. The molecule has 1 amide bonds. The number of carbonyl (C=O) groups excluding carboxylic acids is 1. The van der Waals surface area contributed by atoms with Crippen LogP contribution in [0.4, 0.5) is 24.5 Å². The first-order valence-corrected chi connectivity index (χ1v) is 7.62. The SMILES string of the molecule is COc1ccc(NC(=O)CC(C)c2ccccc2C(F)(F)F)cc1N.Cl. The summed E-state index contributed by atoms with van der Waals surface area (Å²) in [4.78, 5) is 12.2. The molecule has 1 unspecified atom stereocenters. The second-order valence-electron chi connectivity index (χ2n) is 5.70. The minimum absolute atomic E-state index is 0. The fraction of sp³-hybridized carbons (Fsp3) is 0.278. The normalized spacial score (nSPS) is 12.0. The molecule has 4 nitrogen and oxygen atoms in total. The molecular weight excluding hydrogens is 369 g/mol. The highest BCUT2D eigenvalue weighted by Crippen LogP contribution is 2.36. The molecule has 0 saturated carbocycles. The van der Waals surface area contributed by atoms with Crippen LogP contribution in [0.15, 0.2) is 42.5 Å². The highest BCUT2D eigenvalue weighted by Gasteiger charge is 2.34. The average Bonchev–Trinajstić information content (AvgIpc) is 2.54. The number of alkyl halides is 3. The molecule has 2 rings (SSSR count). The Hall–Kier alpha value is -2.41. The first-order valence-electron chi connectivity index (χ1n) is 7.62. The molecule has 142 valence electrons. The number of ether oxygens (including phenoxy) is 1. The standard InChI is InChI=1S/C18H19F3N2O2.ClH/c1-11(13-5-3-4-6-14(13)18(19,20)21)9-17(24)23-12-7-8-16(25-2)15(22)10-12;/h3-8,10-11H,9,22H2,1-2H3,(H,23,24);1H. The van der Waals surface area contributed by atoms with Crippen LogP contribution in [0.1, 0.15) is 30.4 Å². The smallest absolute Gasteiger partial charge is 0.416 e. The van der Waals surface area contributed by atoms with Gasteiger partial charge in [0.2, 0.25) is 5.91 Å². The van der Waals surface area contributed by atoms with Crippen molar-refractivity contribution in [3.63, 3.8) is 0 Å². The minimum Gasteiger partial charge on any atom is -0.495 e. The van der Waals surface area contributed by atoms with Crippen LogP contribution < -0.4 is 15.8 Å². The largest absolute Gasteiger partial charge is 0.495 e. The summed E-state index contributed by atoms with van der Waals surface area (Å²) in [7, 11) is 1.48. The number of carbonyl (C=O) groups is 1. The van der Waals surface area contributed by atoms with Crippen LogP contribution in [0.5, 0.6) is 5.75 Å². The molecule has 26 heavy (non-hydrogen) atoms. The lowest BCUT2D eigenvalue weighted by molar-refractivity contribution is -0.138. The Bertz CT molecular complexity index is 766. The maximum atomic E-state index is 13.1. The fourth-order valence-electron chi connectivity index (χ4n) is 2.60. The highest BCUT2D eigenvalue weighted by atomic mass is 35.5. The molecule has 8 heteroatoms. The van der Waals surface area contributed by atoms with E-state index in [1.54, 1.807) is 19.1 Å². The van der Waals surface area contributed by atoms with Crippen molar-refractivity contribution in [3.05, 3.63) is 53.6 Å². The first-order chi connectivity index (χ1) is 11.7. The van der Waals surface area contributed by atoms with Gasteiger partial charge in [0.1, 0.15) is 5.75 Å². The number of halogens is 4. The minimum atomic E-state index is -4.45.